The number of carbonyl (C=O) groups excluding carboxylic acids is 2. The monoisotopic (exact) mass is 467 g/mol. The maximum atomic E-state index is 13.9. The molecule has 3 aromatic carbocycles. The summed E-state index contributed by atoms with van der Waals surface area (Å²) in [5.74, 6) is -3.02. The highest BCUT2D eigenvalue weighted by atomic mass is 35.5. The maximum Gasteiger partial charge on any atom is 0.248 e. The van der Waals surface area contributed by atoms with Gasteiger partial charge in [0.1, 0.15) is 34.8 Å². The molecule has 1 atom stereocenters. The summed E-state index contributed by atoms with van der Waals surface area (Å²) in [4.78, 5) is 25.7. The fraction of sp³-hybridized carbons (Fsp3) is 0.125. The Bertz CT molecular complexity index is 1300. The predicted octanol–water partition coefficient (Wildman–Crippen LogP) is 4.90. The van der Waals surface area contributed by atoms with Crippen LogP contribution in [0.2, 0.25) is 5.02 Å². The third-order valence-electron chi connectivity index (χ3n) is 5.35. The molecular formula is C24H16ClF2N3O3. The molecule has 2 amide bonds. The number of primary amides is 1. The Hall–Kier alpha value is -3.96. The summed E-state index contributed by atoms with van der Waals surface area (Å²) in [5.41, 5.74) is 6.23. The number of hydrogen-bond acceptors (Lipinski definition) is 4. The van der Waals surface area contributed by atoms with Crippen LogP contribution in [-0.4, -0.2) is 18.4 Å². The Morgan fingerprint density at radius 1 is 1.15 bits per heavy atom. The van der Waals surface area contributed by atoms with E-state index in [2.05, 4.69) is 0 Å². The summed E-state index contributed by atoms with van der Waals surface area (Å²) in [5, 5.41) is 9.01. The van der Waals surface area contributed by atoms with Crippen molar-refractivity contribution in [3.8, 4) is 17.6 Å². The molecule has 9 heteroatoms. The van der Waals surface area contributed by atoms with E-state index < -0.39 is 23.1 Å². The lowest BCUT2D eigenvalue weighted by Crippen LogP contribution is -2.24. The van der Waals surface area contributed by atoms with Gasteiger partial charge in [-0.25, -0.2) is 8.78 Å². The Morgan fingerprint density at radius 3 is 2.55 bits per heavy atom. The molecule has 1 heterocycles. The highest BCUT2D eigenvalue weighted by molar-refractivity contribution is 6.32. The number of rotatable bonds is 5. The highest BCUT2D eigenvalue weighted by Crippen LogP contribution is 2.37. The zero-order chi connectivity index (χ0) is 23.7. The number of nitriles is 1. The topological polar surface area (TPSA) is 96.4 Å². The first-order valence-corrected chi connectivity index (χ1v) is 10.2. The molecule has 0 radical (unpaired) electrons. The molecule has 2 N–H and O–H groups in total. The van der Waals surface area contributed by atoms with Crippen LogP contribution in [0.4, 0.5) is 14.5 Å². The molecule has 6 nitrogen and oxygen atoms in total. The van der Waals surface area contributed by atoms with E-state index in [9.17, 15) is 18.4 Å². The number of anilines is 1. The van der Waals surface area contributed by atoms with Gasteiger partial charge in [0, 0.05) is 42.3 Å². The highest BCUT2D eigenvalue weighted by Gasteiger charge is 2.32. The molecule has 1 aliphatic heterocycles. The van der Waals surface area contributed by atoms with Crippen LogP contribution in [0.25, 0.3) is 0 Å². The lowest BCUT2D eigenvalue weighted by molar-refractivity contribution is -0.117. The van der Waals surface area contributed by atoms with Crippen molar-refractivity contribution in [1.82, 2.24) is 0 Å². The van der Waals surface area contributed by atoms with E-state index in [1.54, 1.807) is 47.4 Å². The summed E-state index contributed by atoms with van der Waals surface area (Å²) >= 11 is 6.21. The third-order valence-corrected chi connectivity index (χ3v) is 5.66. The molecule has 4 rings (SSSR count). The van der Waals surface area contributed by atoms with Crippen molar-refractivity contribution in [2.45, 2.75) is 12.3 Å². The van der Waals surface area contributed by atoms with Gasteiger partial charge in [-0.05, 0) is 35.9 Å². The van der Waals surface area contributed by atoms with Crippen LogP contribution in [0.1, 0.15) is 33.8 Å². The van der Waals surface area contributed by atoms with E-state index in [-0.39, 0.29) is 34.8 Å². The second-order valence-electron chi connectivity index (χ2n) is 7.49. The van der Waals surface area contributed by atoms with Crippen LogP contribution in [0.3, 0.4) is 0 Å². The average Bonchev–Trinajstić information content (AvgIpc) is 3.17. The Morgan fingerprint density at radius 2 is 1.88 bits per heavy atom. The van der Waals surface area contributed by atoms with Gasteiger partial charge in [0.05, 0.1) is 5.02 Å². The Balaban J connectivity index is 1.58. The zero-order valence-electron chi connectivity index (χ0n) is 17.0. The van der Waals surface area contributed by atoms with Crippen LogP contribution in [0.5, 0.6) is 11.5 Å². The van der Waals surface area contributed by atoms with E-state index in [4.69, 9.17) is 27.3 Å². The first-order valence-electron chi connectivity index (χ1n) is 9.83. The summed E-state index contributed by atoms with van der Waals surface area (Å²) in [6.07, 6.45) is 0.210. The molecule has 3 aromatic rings. The number of amides is 2. The Labute approximate surface area is 192 Å². The van der Waals surface area contributed by atoms with Gasteiger partial charge in [0.15, 0.2) is 0 Å². The predicted molar refractivity (Wildman–Crippen MR) is 117 cm³/mol. The van der Waals surface area contributed by atoms with Crippen molar-refractivity contribution in [3.63, 3.8) is 0 Å². The van der Waals surface area contributed by atoms with Gasteiger partial charge in [0.2, 0.25) is 11.8 Å². The summed E-state index contributed by atoms with van der Waals surface area (Å²) in [6, 6.07) is 14.7. The number of nitrogens with zero attached hydrogens (tertiary/aromatic N) is 2. The first kappa shape index (κ1) is 22.2. The van der Waals surface area contributed by atoms with Gasteiger partial charge in [-0.15, -0.1) is 0 Å². The molecule has 0 aromatic heterocycles. The quantitative estimate of drug-likeness (QED) is 0.577. The second-order valence-corrected chi connectivity index (χ2v) is 7.89. The molecule has 1 saturated heterocycles. The standard InChI is InChI=1S/C24H16ClF2N3O3/c25-19-5-4-13(7-22(19)33-17-9-20(26)18(11-28)21(27)10-17)15-8-23(31)30(12-15)16-3-1-2-14(6-16)24(29)32/h1-7,9-10,15H,8,12H2,(H2,29,32)/t15-/m0/s1. The minimum Gasteiger partial charge on any atom is -0.456 e. The van der Waals surface area contributed by atoms with Crippen molar-refractivity contribution in [1.29, 1.82) is 5.26 Å². The summed E-state index contributed by atoms with van der Waals surface area (Å²) in [7, 11) is 0. The van der Waals surface area contributed by atoms with Gasteiger partial charge in [0.25, 0.3) is 0 Å². The van der Waals surface area contributed by atoms with Crippen molar-refractivity contribution in [2.24, 2.45) is 5.73 Å². The van der Waals surface area contributed by atoms with Crippen molar-refractivity contribution in [3.05, 3.63) is 87.9 Å². The molecule has 0 bridgehead atoms. The van der Waals surface area contributed by atoms with Crippen LogP contribution in [0, 0.1) is 23.0 Å². The first-order chi connectivity index (χ1) is 15.8. The summed E-state index contributed by atoms with van der Waals surface area (Å²) in [6.45, 7) is 0.349. The SMILES string of the molecule is N#Cc1c(F)cc(Oc2cc([C@H]3CC(=O)N(c4cccc(C(N)=O)c4)C3)ccc2Cl)cc1F. The van der Waals surface area contributed by atoms with Gasteiger partial charge in [-0.1, -0.05) is 23.7 Å². The molecule has 0 saturated carbocycles. The minimum atomic E-state index is -1.05. The second kappa shape index (κ2) is 8.88. The van der Waals surface area contributed by atoms with E-state index in [1.165, 1.54) is 6.07 Å². The van der Waals surface area contributed by atoms with E-state index in [1.807, 2.05) is 0 Å². The van der Waals surface area contributed by atoms with Crippen molar-refractivity contribution >= 4 is 29.1 Å². The normalized spacial score (nSPS) is 15.4. The number of hydrogen-bond donors (Lipinski definition) is 1. The number of halogens is 3. The Kier molecular flexibility index (Phi) is 5.99. The van der Waals surface area contributed by atoms with E-state index >= 15 is 0 Å². The van der Waals surface area contributed by atoms with Gasteiger partial charge < -0.3 is 15.4 Å². The van der Waals surface area contributed by atoms with Crippen molar-refractivity contribution < 1.29 is 23.1 Å². The minimum absolute atomic E-state index is 0.129. The third kappa shape index (κ3) is 4.49. The number of nitrogens with two attached hydrogens (primary N) is 1. The average molecular weight is 468 g/mol. The lowest BCUT2D eigenvalue weighted by atomic mass is 9.98. The number of ether oxygens (including phenoxy) is 1. The zero-order valence-corrected chi connectivity index (χ0v) is 17.8. The molecule has 33 heavy (non-hydrogen) atoms. The fourth-order valence-corrected chi connectivity index (χ4v) is 3.86. The number of benzene rings is 3. The van der Waals surface area contributed by atoms with Crippen LogP contribution in [0.15, 0.2) is 54.6 Å². The van der Waals surface area contributed by atoms with Gasteiger partial charge in [-0.3, -0.25) is 9.59 Å². The summed E-state index contributed by atoms with van der Waals surface area (Å²) < 4.78 is 33.4. The molecule has 166 valence electrons. The van der Waals surface area contributed by atoms with Crippen LogP contribution >= 0.6 is 11.6 Å². The molecule has 1 aliphatic rings. The van der Waals surface area contributed by atoms with Crippen LogP contribution < -0.4 is 15.4 Å². The molecule has 0 spiro atoms. The molecule has 0 aliphatic carbocycles. The van der Waals surface area contributed by atoms with E-state index in [0.717, 1.165) is 17.7 Å². The smallest absolute Gasteiger partial charge is 0.248 e. The largest absolute Gasteiger partial charge is 0.456 e. The van der Waals surface area contributed by atoms with Crippen LogP contribution in [-0.2, 0) is 4.79 Å². The molecular weight excluding hydrogens is 452 g/mol. The van der Waals surface area contributed by atoms with Gasteiger partial charge in [-0.2, -0.15) is 5.26 Å². The maximum absolute atomic E-state index is 13.9. The number of carbonyl (C=O) groups is 2. The molecule has 1 fully saturated rings. The fourth-order valence-electron chi connectivity index (χ4n) is 3.70. The van der Waals surface area contributed by atoms with E-state index in [0.29, 0.717) is 17.8 Å². The molecule has 0 unspecified atom stereocenters. The van der Waals surface area contributed by atoms with Crippen molar-refractivity contribution in [2.75, 3.05) is 11.4 Å². The lowest BCUT2D eigenvalue weighted by Gasteiger charge is -2.18. The van der Waals surface area contributed by atoms with Gasteiger partial charge >= 0.3 is 0 Å².